The number of carboxylic acid groups (broad SMARTS) is 2. The van der Waals surface area contributed by atoms with E-state index < -0.39 is 23.7 Å². The molecule has 2 unspecified atom stereocenters. The number of hydrogen-bond acceptors (Lipinski definition) is 6. The van der Waals surface area contributed by atoms with E-state index in [9.17, 15) is 18.0 Å². The molecule has 2 aliphatic carbocycles. The maximum absolute atomic E-state index is 10.7. The molecule has 6 aliphatic rings. The molecule has 7 rings (SSSR count). The van der Waals surface area contributed by atoms with Crippen molar-refractivity contribution < 1.29 is 33.0 Å². The molecule has 2 saturated carbocycles. The van der Waals surface area contributed by atoms with Gasteiger partial charge in [-0.1, -0.05) is 0 Å². The Hall–Kier alpha value is -2.27. The van der Waals surface area contributed by atoms with Gasteiger partial charge in [-0.15, -0.1) is 0 Å². The predicted molar refractivity (Wildman–Crippen MR) is 98.5 cm³/mol. The third-order valence-electron chi connectivity index (χ3n) is 6.17. The Morgan fingerprint density at radius 1 is 1.10 bits per heavy atom. The molecule has 166 valence electrons. The van der Waals surface area contributed by atoms with Crippen molar-refractivity contribution in [3.05, 3.63) is 24.3 Å². The van der Waals surface area contributed by atoms with Crippen LogP contribution in [-0.2, 0) is 15.1 Å². The minimum Gasteiger partial charge on any atom is -0.480 e. The quantitative estimate of drug-likeness (QED) is 0.562. The fourth-order valence-corrected chi connectivity index (χ4v) is 4.64. The maximum atomic E-state index is 10.7. The third kappa shape index (κ3) is 4.72. The minimum absolute atomic E-state index is 0.143. The molecule has 1 aromatic heterocycles. The van der Waals surface area contributed by atoms with Gasteiger partial charge in [0.15, 0.2) is 0 Å². The fourth-order valence-electron chi connectivity index (χ4n) is 4.64. The molecular weight excluding hydrogens is 405 g/mol. The SMILES string of the molecule is O=C(O)C(F)(F)F.O=C(O)C12CC(CCN1)C2.c1cnc(C23CCCC(C2)N3)nc1. The van der Waals surface area contributed by atoms with Crippen LogP contribution in [0.4, 0.5) is 13.2 Å². The lowest BCUT2D eigenvalue weighted by Crippen LogP contribution is -2.65. The number of nitrogens with zero attached hydrogens (tertiary/aromatic N) is 2. The van der Waals surface area contributed by atoms with Gasteiger partial charge in [-0.3, -0.25) is 4.79 Å². The number of rotatable bonds is 2. The Kier molecular flexibility index (Phi) is 6.32. The van der Waals surface area contributed by atoms with Crippen molar-refractivity contribution in [1.82, 2.24) is 20.6 Å². The van der Waals surface area contributed by atoms with Crippen LogP contribution in [0.3, 0.4) is 0 Å². The van der Waals surface area contributed by atoms with E-state index >= 15 is 0 Å². The van der Waals surface area contributed by atoms with E-state index in [-0.39, 0.29) is 5.54 Å². The van der Waals surface area contributed by atoms with Crippen molar-refractivity contribution in [3.63, 3.8) is 0 Å². The van der Waals surface area contributed by atoms with Gasteiger partial charge in [0.25, 0.3) is 0 Å². The largest absolute Gasteiger partial charge is 0.490 e. The van der Waals surface area contributed by atoms with E-state index in [0.29, 0.717) is 5.92 Å². The first-order chi connectivity index (χ1) is 14.1. The number of alkyl halides is 3. The zero-order valence-corrected chi connectivity index (χ0v) is 16.3. The summed E-state index contributed by atoms with van der Waals surface area (Å²) in [6.07, 6.45) is 6.52. The minimum atomic E-state index is -5.08. The van der Waals surface area contributed by atoms with E-state index in [4.69, 9.17) is 15.0 Å². The summed E-state index contributed by atoms with van der Waals surface area (Å²) in [5.41, 5.74) is -0.368. The number of carboxylic acids is 2. The van der Waals surface area contributed by atoms with Crippen molar-refractivity contribution >= 4 is 11.9 Å². The standard InChI is InChI=1S/C10H13N3.C7H11NO2.C2HF3O2/c1-3-8-7-10(4-1,13-8)9-11-5-2-6-12-9;9-6(10)7-3-5(4-7)1-2-8-7;3-2(4,5)1(6)7/h2,5-6,8,13H,1,3-4,7H2;5,8H,1-4H2,(H,9,10);(H,6,7). The second-order valence-corrected chi connectivity index (χ2v) is 8.27. The normalized spacial score (nSPS) is 33.3. The van der Waals surface area contributed by atoms with E-state index in [2.05, 4.69) is 20.6 Å². The highest BCUT2D eigenvalue weighted by Gasteiger charge is 2.52. The molecule has 5 heterocycles. The molecule has 11 heteroatoms. The molecule has 8 nitrogen and oxygen atoms in total. The van der Waals surface area contributed by atoms with Gasteiger partial charge >= 0.3 is 18.1 Å². The zero-order chi connectivity index (χ0) is 22.0. The molecular formula is C19H25F3N4O4. The van der Waals surface area contributed by atoms with Crippen molar-refractivity contribution in [2.75, 3.05) is 6.54 Å². The summed E-state index contributed by atoms with van der Waals surface area (Å²) in [6, 6.07) is 2.61. The summed E-state index contributed by atoms with van der Waals surface area (Å²) in [6.45, 7) is 0.886. The first-order valence-corrected chi connectivity index (χ1v) is 9.90. The van der Waals surface area contributed by atoms with E-state index in [1.54, 1.807) is 0 Å². The first kappa shape index (κ1) is 22.4. The number of hydrogen-bond donors (Lipinski definition) is 4. The van der Waals surface area contributed by atoms with E-state index in [1.165, 1.54) is 25.7 Å². The number of carbonyl (C=O) groups is 2. The van der Waals surface area contributed by atoms with Gasteiger partial charge in [-0.25, -0.2) is 14.8 Å². The van der Waals surface area contributed by atoms with Crippen LogP contribution in [0.5, 0.6) is 0 Å². The van der Waals surface area contributed by atoms with E-state index in [0.717, 1.165) is 37.7 Å². The van der Waals surface area contributed by atoms with Crippen LogP contribution >= 0.6 is 0 Å². The van der Waals surface area contributed by atoms with Crippen LogP contribution < -0.4 is 10.6 Å². The molecule has 0 amide bonds. The number of halogens is 3. The average Bonchev–Trinajstić information content (AvgIpc) is 2.68. The van der Waals surface area contributed by atoms with Crippen molar-refractivity contribution in [2.24, 2.45) is 5.92 Å². The van der Waals surface area contributed by atoms with Gasteiger partial charge in [0.1, 0.15) is 11.4 Å². The lowest BCUT2D eigenvalue weighted by molar-refractivity contribution is -0.192. The Balaban J connectivity index is 0.000000135. The molecule has 1 aromatic rings. The topological polar surface area (TPSA) is 124 Å². The summed E-state index contributed by atoms with van der Waals surface area (Å²) in [5.74, 6) is -1.74. The molecule has 4 N–H and O–H groups in total. The summed E-state index contributed by atoms with van der Waals surface area (Å²) < 4.78 is 31.7. The van der Waals surface area contributed by atoms with Crippen LogP contribution in [0.15, 0.2) is 18.5 Å². The molecule has 0 aromatic carbocycles. The number of aliphatic carboxylic acids is 2. The lowest BCUT2D eigenvalue weighted by atomic mass is 9.64. The molecule has 0 radical (unpaired) electrons. The van der Waals surface area contributed by atoms with Gasteiger partial charge in [-0.2, -0.15) is 13.2 Å². The highest BCUT2D eigenvalue weighted by Crippen LogP contribution is 2.44. The second kappa shape index (κ2) is 8.46. The number of nitrogens with one attached hydrogen (secondary N) is 2. The predicted octanol–water partition coefficient (Wildman–Crippen LogP) is 2.06. The lowest BCUT2D eigenvalue weighted by Gasteiger charge is -2.52. The molecule has 4 bridgehead atoms. The molecule has 0 spiro atoms. The second-order valence-electron chi connectivity index (χ2n) is 8.27. The van der Waals surface area contributed by atoms with Crippen LogP contribution in [0.25, 0.3) is 0 Å². The van der Waals surface area contributed by atoms with Gasteiger partial charge in [0, 0.05) is 18.4 Å². The maximum Gasteiger partial charge on any atom is 0.490 e. The Morgan fingerprint density at radius 3 is 2.07 bits per heavy atom. The molecule has 4 aliphatic heterocycles. The zero-order valence-electron chi connectivity index (χ0n) is 16.3. The van der Waals surface area contributed by atoms with Crippen molar-refractivity contribution in [3.8, 4) is 0 Å². The molecule has 30 heavy (non-hydrogen) atoms. The Labute approximate surface area is 171 Å². The van der Waals surface area contributed by atoms with Crippen LogP contribution in [0.1, 0.15) is 50.8 Å². The summed E-state index contributed by atoms with van der Waals surface area (Å²) in [5, 5.41) is 22.5. The Bertz CT molecular complexity index is 752. The molecule has 4 saturated heterocycles. The summed E-state index contributed by atoms with van der Waals surface area (Å²) in [7, 11) is 0. The van der Waals surface area contributed by atoms with Crippen molar-refractivity contribution in [2.45, 2.75) is 68.2 Å². The monoisotopic (exact) mass is 430 g/mol. The molecule has 6 fully saturated rings. The van der Waals surface area contributed by atoms with Crippen LogP contribution in [0, 0.1) is 5.92 Å². The van der Waals surface area contributed by atoms with Crippen molar-refractivity contribution in [1.29, 1.82) is 0 Å². The van der Waals surface area contributed by atoms with Gasteiger partial charge in [0.2, 0.25) is 0 Å². The van der Waals surface area contributed by atoms with Crippen LogP contribution in [-0.4, -0.2) is 56.4 Å². The average molecular weight is 430 g/mol. The number of fused-ring (bicyclic) bond motifs is 4. The van der Waals surface area contributed by atoms with Gasteiger partial charge in [-0.05, 0) is 63.5 Å². The summed E-state index contributed by atoms with van der Waals surface area (Å²) >= 11 is 0. The van der Waals surface area contributed by atoms with E-state index in [1.807, 2.05) is 18.5 Å². The Morgan fingerprint density at radius 2 is 1.70 bits per heavy atom. The number of piperidine rings is 3. The van der Waals surface area contributed by atoms with Gasteiger partial charge < -0.3 is 20.8 Å². The fraction of sp³-hybridized carbons (Fsp3) is 0.684. The number of aromatic nitrogens is 2. The molecule has 2 atom stereocenters. The van der Waals surface area contributed by atoms with Crippen LogP contribution in [0.2, 0.25) is 0 Å². The smallest absolute Gasteiger partial charge is 0.480 e. The third-order valence-corrected chi connectivity index (χ3v) is 6.17. The van der Waals surface area contributed by atoms with Gasteiger partial charge in [0.05, 0.1) is 5.54 Å². The highest BCUT2D eigenvalue weighted by molar-refractivity contribution is 5.80. The first-order valence-electron chi connectivity index (χ1n) is 9.90. The summed E-state index contributed by atoms with van der Waals surface area (Å²) in [4.78, 5) is 28.2. The highest BCUT2D eigenvalue weighted by atomic mass is 19.4.